The summed E-state index contributed by atoms with van der Waals surface area (Å²) < 4.78 is 23.8. The van der Waals surface area contributed by atoms with Crippen molar-refractivity contribution < 1.29 is 13.6 Å². The molecule has 2 aromatic rings. The van der Waals surface area contributed by atoms with Gasteiger partial charge in [-0.15, -0.1) is 0 Å². The van der Waals surface area contributed by atoms with Crippen LogP contribution in [0.5, 0.6) is 0 Å². The van der Waals surface area contributed by atoms with Crippen LogP contribution in [0.4, 0.5) is 8.78 Å². The molecule has 2 atom stereocenters. The Morgan fingerprint density at radius 2 is 1.76 bits per heavy atom. The maximum Gasteiger partial charge on any atom is 0.209 e. The SMILES string of the molecule is CCN(Cc1ccn[nH]1)[C@@H]1C[C@H](N)CN(C)C1.Fc1ccc(F)cc1.O=CN1CCCCC1. The Hall–Kier alpha value is -2.36. The lowest BCUT2D eigenvalue weighted by Gasteiger charge is -2.39. The second kappa shape index (κ2) is 14.7. The number of halogens is 2. The van der Waals surface area contributed by atoms with Gasteiger partial charge in [0.15, 0.2) is 0 Å². The van der Waals surface area contributed by atoms with Gasteiger partial charge in [-0.25, -0.2) is 8.78 Å². The number of piperidine rings is 2. The van der Waals surface area contributed by atoms with E-state index in [9.17, 15) is 13.6 Å². The lowest BCUT2D eigenvalue weighted by atomic mass is 10.0. The van der Waals surface area contributed by atoms with Gasteiger partial charge in [-0.3, -0.25) is 14.8 Å². The second-order valence-corrected chi connectivity index (χ2v) is 8.65. The molecule has 4 rings (SSSR count). The van der Waals surface area contributed by atoms with E-state index in [1.807, 2.05) is 17.2 Å². The van der Waals surface area contributed by atoms with Gasteiger partial charge >= 0.3 is 0 Å². The van der Waals surface area contributed by atoms with Crippen LogP contribution < -0.4 is 5.73 Å². The van der Waals surface area contributed by atoms with Crippen molar-refractivity contribution in [2.75, 3.05) is 39.8 Å². The van der Waals surface area contributed by atoms with Crippen LogP contribution in [0.25, 0.3) is 0 Å². The molecule has 9 heteroatoms. The van der Waals surface area contributed by atoms with Gasteiger partial charge in [-0.05, 0) is 69.6 Å². The minimum atomic E-state index is -0.411. The number of carbonyl (C=O) groups excluding carboxylic acids is 1. The first-order valence-electron chi connectivity index (χ1n) is 11.7. The van der Waals surface area contributed by atoms with Crippen LogP contribution in [-0.4, -0.2) is 83.2 Å². The summed E-state index contributed by atoms with van der Waals surface area (Å²) in [7, 11) is 2.15. The van der Waals surface area contributed by atoms with Gasteiger partial charge < -0.3 is 15.5 Å². The van der Waals surface area contributed by atoms with E-state index in [1.165, 1.54) is 25.0 Å². The van der Waals surface area contributed by atoms with Crippen molar-refractivity contribution in [3.05, 3.63) is 53.9 Å². The van der Waals surface area contributed by atoms with Crippen molar-refractivity contribution in [1.82, 2.24) is 24.9 Å². The van der Waals surface area contributed by atoms with Crippen molar-refractivity contribution in [2.45, 2.75) is 51.2 Å². The van der Waals surface area contributed by atoms with Gasteiger partial charge in [0, 0.05) is 56.7 Å². The molecule has 0 unspecified atom stereocenters. The van der Waals surface area contributed by atoms with Crippen LogP contribution in [0.2, 0.25) is 0 Å². The van der Waals surface area contributed by atoms with E-state index in [-0.39, 0.29) is 0 Å². The minimum Gasteiger partial charge on any atom is -0.345 e. The van der Waals surface area contributed by atoms with Gasteiger partial charge in [-0.1, -0.05) is 6.92 Å². The zero-order valence-electron chi connectivity index (χ0n) is 19.8. The monoisotopic (exact) mass is 464 g/mol. The number of likely N-dealkylation sites (N-methyl/N-ethyl adjacent to an activating group) is 2. The third kappa shape index (κ3) is 10.4. The molecule has 0 saturated carbocycles. The summed E-state index contributed by atoms with van der Waals surface area (Å²) in [5.74, 6) is -0.821. The first-order chi connectivity index (χ1) is 15.9. The fourth-order valence-corrected chi connectivity index (χ4v) is 4.14. The predicted octanol–water partition coefficient (Wildman–Crippen LogP) is 2.86. The van der Waals surface area contributed by atoms with Gasteiger partial charge in [-0.2, -0.15) is 5.10 Å². The summed E-state index contributed by atoms with van der Waals surface area (Å²) in [6, 6.07) is 7.20. The highest BCUT2D eigenvalue weighted by molar-refractivity contribution is 5.46. The third-order valence-corrected chi connectivity index (χ3v) is 5.84. The van der Waals surface area contributed by atoms with Crippen LogP contribution in [0.1, 0.15) is 38.3 Å². The number of nitrogens with two attached hydrogens (primary N) is 1. The van der Waals surface area contributed by atoms with Crippen LogP contribution in [-0.2, 0) is 11.3 Å². The minimum absolute atomic E-state index is 0.301. The molecular formula is C24H38F2N6O. The number of H-pyrrole nitrogens is 1. The van der Waals surface area contributed by atoms with Gasteiger partial charge in [0.05, 0.1) is 0 Å². The van der Waals surface area contributed by atoms with E-state index < -0.39 is 11.6 Å². The summed E-state index contributed by atoms with van der Waals surface area (Å²) in [5, 5.41) is 7.02. The number of amides is 1. The van der Waals surface area contributed by atoms with Gasteiger partial charge in [0.2, 0.25) is 6.41 Å². The fourth-order valence-electron chi connectivity index (χ4n) is 4.14. The largest absolute Gasteiger partial charge is 0.345 e. The smallest absolute Gasteiger partial charge is 0.209 e. The summed E-state index contributed by atoms with van der Waals surface area (Å²) in [4.78, 5) is 16.7. The molecular weight excluding hydrogens is 426 g/mol. The maximum atomic E-state index is 11.9. The molecule has 7 nitrogen and oxygen atoms in total. The highest BCUT2D eigenvalue weighted by Crippen LogP contribution is 2.16. The van der Waals surface area contributed by atoms with Crippen LogP contribution in [0, 0.1) is 11.6 Å². The normalized spacial score (nSPS) is 21.0. The Morgan fingerprint density at radius 1 is 1.12 bits per heavy atom. The number of aromatic amines is 1. The number of benzene rings is 1. The lowest BCUT2D eigenvalue weighted by Crippen LogP contribution is -2.53. The molecule has 184 valence electrons. The number of aromatic nitrogens is 2. The zero-order valence-corrected chi connectivity index (χ0v) is 19.8. The highest BCUT2D eigenvalue weighted by Gasteiger charge is 2.27. The van der Waals surface area contributed by atoms with Crippen LogP contribution in [0.15, 0.2) is 36.5 Å². The van der Waals surface area contributed by atoms with E-state index >= 15 is 0 Å². The molecule has 0 aliphatic carbocycles. The Kier molecular flexibility index (Phi) is 12.0. The van der Waals surface area contributed by atoms with Crippen molar-refractivity contribution in [3.63, 3.8) is 0 Å². The quantitative estimate of drug-likeness (QED) is 0.665. The molecule has 2 saturated heterocycles. The van der Waals surface area contributed by atoms with E-state index in [2.05, 4.69) is 34.0 Å². The molecule has 3 heterocycles. The van der Waals surface area contributed by atoms with E-state index in [0.717, 1.165) is 76.4 Å². The van der Waals surface area contributed by atoms with Gasteiger partial charge in [0.25, 0.3) is 0 Å². The molecule has 2 aliphatic rings. The molecule has 0 spiro atoms. The average Bonchev–Trinajstić information content (AvgIpc) is 3.33. The molecule has 1 aromatic carbocycles. The Labute approximate surface area is 195 Å². The molecule has 3 N–H and O–H groups in total. The summed E-state index contributed by atoms with van der Waals surface area (Å²) in [6.45, 7) is 8.25. The molecule has 33 heavy (non-hydrogen) atoms. The van der Waals surface area contributed by atoms with E-state index in [1.54, 1.807) is 0 Å². The third-order valence-electron chi connectivity index (χ3n) is 5.84. The Morgan fingerprint density at radius 3 is 2.21 bits per heavy atom. The number of likely N-dealkylation sites (tertiary alicyclic amines) is 2. The topological polar surface area (TPSA) is 81.5 Å². The fraction of sp³-hybridized carbons (Fsp3) is 0.583. The van der Waals surface area contributed by atoms with E-state index in [0.29, 0.717) is 12.1 Å². The Bertz CT molecular complexity index is 737. The van der Waals surface area contributed by atoms with Crippen molar-refractivity contribution in [1.29, 1.82) is 0 Å². The van der Waals surface area contributed by atoms with Crippen molar-refractivity contribution >= 4 is 6.41 Å². The summed E-state index contributed by atoms with van der Waals surface area (Å²) in [6.07, 6.45) is 7.52. The van der Waals surface area contributed by atoms with Crippen molar-refractivity contribution in [3.8, 4) is 0 Å². The molecule has 0 bridgehead atoms. The van der Waals surface area contributed by atoms with Gasteiger partial charge in [0.1, 0.15) is 11.6 Å². The summed E-state index contributed by atoms with van der Waals surface area (Å²) >= 11 is 0. The maximum absolute atomic E-state index is 11.9. The molecule has 2 fully saturated rings. The number of carbonyl (C=O) groups is 1. The number of nitrogens with zero attached hydrogens (tertiary/aromatic N) is 4. The van der Waals surface area contributed by atoms with Crippen molar-refractivity contribution in [2.24, 2.45) is 5.73 Å². The molecule has 0 radical (unpaired) electrons. The summed E-state index contributed by atoms with van der Waals surface area (Å²) in [5.41, 5.74) is 7.27. The zero-order chi connectivity index (χ0) is 24.1. The highest BCUT2D eigenvalue weighted by atomic mass is 19.1. The van der Waals surface area contributed by atoms with Crippen LogP contribution in [0.3, 0.4) is 0 Å². The molecule has 2 aliphatic heterocycles. The Balaban J connectivity index is 0.000000200. The number of rotatable bonds is 5. The molecule has 1 aromatic heterocycles. The lowest BCUT2D eigenvalue weighted by molar-refractivity contribution is -0.118. The van der Waals surface area contributed by atoms with Crippen LogP contribution >= 0.6 is 0 Å². The average molecular weight is 465 g/mol. The first-order valence-corrected chi connectivity index (χ1v) is 11.7. The second-order valence-electron chi connectivity index (χ2n) is 8.65. The number of hydrogen-bond acceptors (Lipinski definition) is 5. The number of hydrogen-bond donors (Lipinski definition) is 2. The molecule has 1 amide bonds. The van der Waals surface area contributed by atoms with E-state index in [4.69, 9.17) is 5.73 Å². The standard InChI is InChI=1S/C12H23N5.C6H4F2.C6H11NO/c1-3-17(8-11-4-5-14-15-11)12-6-10(13)7-16(2)9-12;7-5-1-2-6(8)4-3-5;8-6-7-4-2-1-3-5-7/h4-5,10,12H,3,6-9,13H2,1-2H3,(H,14,15);1-4H;6H,1-5H2/t10-,12+;;/m0../s1. The number of nitrogens with one attached hydrogen (secondary N) is 1. The first kappa shape index (κ1) is 26.9. The predicted molar refractivity (Wildman–Crippen MR) is 126 cm³/mol.